The molecule has 0 aliphatic rings. The Kier molecular flexibility index (Phi) is 7.55. The fraction of sp³-hybridized carbons (Fsp3) is 0.250. The summed E-state index contributed by atoms with van der Waals surface area (Å²) in [6.45, 7) is 0. The van der Waals surface area contributed by atoms with Gasteiger partial charge in [0.1, 0.15) is 6.04 Å². The van der Waals surface area contributed by atoms with Gasteiger partial charge in [0.25, 0.3) is 0 Å². The van der Waals surface area contributed by atoms with E-state index < -0.39 is 23.9 Å². The van der Waals surface area contributed by atoms with Crippen molar-refractivity contribution in [1.29, 1.82) is 0 Å². The number of amides is 1. The highest BCUT2D eigenvalue weighted by atomic mass is 16.4. The van der Waals surface area contributed by atoms with Crippen LogP contribution >= 0.6 is 0 Å². The molecule has 1 aromatic carbocycles. The van der Waals surface area contributed by atoms with Gasteiger partial charge >= 0.3 is 11.9 Å². The minimum atomic E-state index is -1.11. The second-order valence-corrected chi connectivity index (χ2v) is 3.62. The molecule has 7 nitrogen and oxygen atoms in total. The number of primary amides is 1. The van der Waals surface area contributed by atoms with Crippen LogP contribution in [0.4, 0.5) is 0 Å². The van der Waals surface area contributed by atoms with E-state index in [0.717, 1.165) is 0 Å². The van der Waals surface area contributed by atoms with Crippen LogP contribution in [0.25, 0.3) is 0 Å². The van der Waals surface area contributed by atoms with Gasteiger partial charge in [-0.1, -0.05) is 18.2 Å². The first-order valence-corrected chi connectivity index (χ1v) is 5.39. The van der Waals surface area contributed by atoms with E-state index in [1.54, 1.807) is 30.3 Å². The average Bonchev–Trinajstić information content (AvgIpc) is 2.37. The van der Waals surface area contributed by atoms with Gasteiger partial charge in [-0.2, -0.15) is 0 Å². The summed E-state index contributed by atoms with van der Waals surface area (Å²) in [7, 11) is 0. The quantitative estimate of drug-likeness (QED) is 0.593. The Balaban J connectivity index is 0.000000342. The number of carboxylic acids is 2. The lowest BCUT2D eigenvalue weighted by atomic mass is 10.2. The summed E-state index contributed by atoms with van der Waals surface area (Å²) < 4.78 is 0. The van der Waals surface area contributed by atoms with Gasteiger partial charge in [0.15, 0.2) is 0 Å². The van der Waals surface area contributed by atoms with E-state index in [-0.39, 0.29) is 12.8 Å². The maximum Gasteiger partial charge on any atom is 0.335 e. The van der Waals surface area contributed by atoms with E-state index in [4.69, 9.17) is 21.7 Å². The molecule has 1 rings (SSSR count). The monoisotopic (exact) mass is 268 g/mol. The number of carbonyl (C=O) groups excluding carboxylic acids is 1. The molecule has 0 heterocycles. The maximum absolute atomic E-state index is 10.2. The van der Waals surface area contributed by atoms with Crippen LogP contribution in [0.1, 0.15) is 23.2 Å². The highest BCUT2D eigenvalue weighted by molar-refractivity contribution is 5.87. The average molecular weight is 268 g/mol. The van der Waals surface area contributed by atoms with Gasteiger partial charge < -0.3 is 21.7 Å². The highest BCUT2D eigenvalue weighted by Gasteiger charge is 2.11. The molecule has 0 unspecified atom stereocenters. The topological polar surface area (TPSA) is 144 Å². The zero-order chi connectivity index (χ0) is 14.8. The van der Waals surface area contributed by atoms with Crippen LogP contribution in [-0.4, -0.2) is 34.1 Å². The number of carboxylic acid groups (broad SMARTS) is 2. The van der Waals surface area contributed by atoms with Crippen molar-refractivity contribution in [2.75, 3.05) is 0 Å². The summed E-state index contributed by atoms with van der Waals surface area (Å²) >= 11 is 0. The van der Waals surface area contributed by atoms with Crippen LogP contribution in [0.15, 0.2) is 30.3 Å². The van der Waals surface area contributed by atoms with E-state index in [2.05, 4.69) is 0 Å². The van der Waals surface area contributed by atoms with Crippen molar-refractivity contribution in [2.45, 2.75) is 18.9 Å². The normalized spacial score (nSPS) is 10.8. The first-order valence-electron chi connectivity index (χ1n) is 5.39. The SMILES string of the molecule is NC(=O)CC[C@H](N)C(=O)O.O=C(O)c1ccccc1. The summed E-state index contributed by atoms with van der Waals surface area (Å²) in [6.07, 6.45) is 0.123. The van der Waals surface area contributed by atoms with Crippen LogP contribution in [0.5, 0.6) is 0 Å². The smallest absolute Gasteiger partial charge is 0.335 e. The summed E-state index contributed by atoms with van der Waals surface area (Å²) in [6, 6.07) is 7.32. The second-order valence-electron chi connectivity index (χ2n) is 3.62. The maximum atomic E-state index is 10.2. The van der Waals surface area contributed by atoms with Crippen LogP contribution in [-0.2, 0) is 9.59 Å². The molecule has 6 N–H and O–H groups in total. The molecule has 19 heavy (non-hydrogen) atoms. The largest absolute Gasteiger partial charge is 0.480 e. The van der Waals surface area contributed by atoms with Crippen molar-refractivity contribution in [3.8, 4) is 0 Å². The molecule has 1 amide bonds. The molecule has 0 bridgehead atoms. The van der Waals surface area contributed by atoms with Crippen molar-refractivity contribution < 1.29 is 24.6 Å². The van der Waals surface area contributed by atoms with Crippen LogP contribution in [0.3, 0.4) is 0 Å². The van der Waals surface area contributed by atoms with Gasteiger partial charge in [-0.05, 0) is 18.6 Å². The zero-order valence-corrected chi connectivity index (χ0v) is 10.2. The lowest BCUT2D eigenvalue weighted by Gasteiger charge is -2.01. The molecule has 0 saturated carbocycles. The summed E-state index contributed by atoms with van der Waals surface area (Å²) in [4.78, 5) is 30.3. The Hall–Kier alpha value is -2.41. The van der Waals surface area contributed by atoms with Crippen molar-refractivity contribution in [2.24, 2.45) is 11.5 Å². The fourth-order valence-corrected chi connectivity index (χ4v) is 1.00. The minimum Gasteiger partial charge on any atom is -0.480 e. The first-order chi connectivity index (χ1) is 8.84. The minimum absolute atomic E-state index is 0.0213. The van der Waals surface area contributed by atoms with Crippen molar-refractivity contribution in [3.63, 3.8) is 0 Å². The Bertz CT molecular complexity index is 433. The van der Waals surface area contributed by atoms with E-state index in [1.165, 1.54) is 0 Å². The number of rotatable bonds is 5. The molecule has 1 atom stereocenters. The van der Waals surface area contributed by atoms with Gasteiger partial charge in [-0.15, -0.1) is 0 Å². The third-order valence-corrected chi connectivity index (χ3v) is 2.04. The van der Waals surface area contributed by atoms with Gasteiger partial charge in [0.05, 0.1) is 5.56 Å². The fourth-order valence-electron chi connectivity index (χ4n) is 1.00. The molecule has 7 heteroatoms. The first kappa shape index (κ1) is 16.6. The molecular formula is C12H16N2O5. The molecule has 0 fully saturated rings. The standard InChI is InChI=1S/C7H6O2.C5H10N2O3/c8-7(9)6-4-2-1-3-5-6;6-3(5(9)10)1-2-4(7)8/h1-5H,(H,8,9);3H,1-2,6H2,(H2,7,8)(H,9,10)/t;3-/m.0/s1. The number of benzene rings is 1. The van der Waals surface area contributed by atoms with E-state index >= 15 is 0 Å². The van der Waals surface area contributed by atoms with Gasteiger partial charge in [0.2, 0.25) is 5.91 Å². The molecule has 0 aromatic heterocycles. The number of hydrogen-bond acceptors (Lipinski definition) is 4. The Morgan fingerprint density at radius 3 is 1.95 bits per heavy atom. The van der Waals surface area contributed by atoms with E-state index in [9.17, 15) is 14.4 Å². The lowest BCUT2D eigenvalue weighted by Crippen LogP contribution is -2.31. The summed E-state index contributed by atoms with van der Waals surface area (Å²) in [5.41, 5.74) is 10.1. The van der Waals surface area contributed by atoms with E-state index in [1.807, 2.05) is 0 Å². The number of aromatic carboxylic acids is 1. The van der Waals surface area contributed by atoms with Crippen molar-refractivity contribution in [3.05, 3.63) is 35.9 Å². The zero-order valence-electron chi connectivity index (χ0n) is 10.2. The van der Waals surface area contributed by atoms with Gasteiger partial charge in [0, 0.05) is 6.42 Å². The molecular weight excluding hydrogens is 252 g/mol. The second kappa shape index (κ2) is 8.65. The number of carbonyl (C=O) groups is 3. The predicted molar refractivity (Wildman–Crippen MR) is 67.4 cm³/mol. The number of nitrogens with two attached hydrogens (primary N) is 2. The Morgan fingerprint density at radius 2 is 1.63 bits per heavy atom. The number of hydrogen-bond donors (Lipinski definition) is 4. The third-order valence-electron chi connectivity index (χ3n) is 2.04. The van der Waals surface area contributed by atoms with Crippen LogP contribution in [0.2, 0.25) is 0 Å². The van der Waals surface area contributed by atoms with Crippen molar-refractivity contribution >= 4 is 17.8 Å². The van der Waals surface area contributed by atoms with Crippen molar-refractivity contribution in [1.82, 2.24) is 0 Å². The molecule has 0 saturated heterocycles. The Morgan fingerprint density at radius 1 is 1.11 bits per heavy atom. The third kappa shape index (κ3) is 8.33. The van der Waals surface area contributed by atoms with E-state index in [0.29, 0.717) is 5.56 Å². The molecule has 1 aromatic rings. The highest BCUT2D eigenvalue weighted by Crippen LogP contribution is 1.96. The molecule has 0 aliphatic carbocycles. The molecule has 0 aliphatic heterocycles. The lowest BCUT2D eigenvalue weighted by molar-refractivity contribution is -0.138. The molecule has 0 radical (unpaired) electrons. The van der Waals surface area contributed by atoms with Crippen LogP contribution in [0, 0.1) is 0 Å². The van der Waals surface area contributed by atoms with Gasteiger partial charge in [-0.3, -0.25) is 9.59 Å². The van der Waals surface area contributed by atoms with Gasteiger partial charge in [-0.25, -0.2) is 4.79 Å². The number of aliphatic carboxylic acids is 1. The van der Waals surface area contributed by atoms with Crippen LogP contribution < -0.4 is 11.5 Å². The Labute approximate surface area is 109 Å². The molecule has 104 valence electrons. The summed E-state index contributed by atoms with van der Waals surface area (Å²) in [5.74, 6) is -2.52. The molecule has 0 spiro atoms. The summed E-state index contributed by atoms with van der Waals surface area (Å²) in [5, 5.41) is 16.6. The predicted octanol–water partition coefficient (Wildman–Crippen LogP) is 0.0486.